The van der Waals surface area contributed by atoms with E-state index < -0.39 is 0 Å². The number of hydrogen-bond acceptors (Lipinski definition) is 2. The molecular formula is C24H52N2. The van der Waals surface area contributed by atoms with Gasteiger partial charge in [0.15, 0.2) is 0 Å². The molecule has 0 amide bonds. The van der Waals surface area contributed by atoms with E-state index in [1.807, 2.05) is 0 Å². The van der Waals surface area contributed by atoms with Gasteiger partial charge in [0.05, 0.1) is 0 Å². The topological polar surface area (TPSA) is 6.48 Å². The molecule has 4 unspecified atom stereocenters. The highest BCUT2D eigenvalue weighted by Gasteiger charge is 2.24. The third-order valence-electron chi connectivity index (χ3n) is 5.56. The third-order valence-corrected chi connectivity index (χ3v) is 5.56. The van der Waals surface area contributed by atoms with E-state index in [0.717, 1.165) is 11.8 Å². The zero-order valence-electron chi connectivity index (χ0n) is 20.4. The predicted octanol–water partition coefficient (Wildman–Crippen LogP) is 6.55. The molecule has 0 saturated carbocycles. The highest BCUT2D eigenvalue weighted by molar-refractivity contribution is 4.79. The summed E-state index contributed by atoms with van der Waals surface area (Å²) in [6.07, 6.45) is 7.90. The van der Waals surface area contributed by atoms with Crippen molar-refractivity contribution < 1.29 is 0 Å². The van der Waals surface area contributed by atoms with Crippen LogP contribution in [0.3, 0.4) is 0 Å². The summed E-state index contributed by atoms with van der Waals surface area (Å²) >= 11 is 0. The zero-order chi connectivity index (χ0) is 20.7. The van der Waals surface area contributed by atoms with E-state index in [4.69, 9.17) is 0 Å². The van der Waals surface area contributed by atoms with E-state index in [-0.39, 0.29) is 0 Å². The fourth-order valence-electron chi connectivity index (χ4n) is 4.74. The van der Waals surface area contributed by atoms with Gasteiger partial charge in [0.2, 0.25) is 0 Å². The van der Waals surface area contributed by atoms with E-state index in [1.165, 1.54) is 38.5 Å². The molecule has 2 nitrogen and oxygen atoms in total. The Kier molecular flexibility index (Phi) is 11.0. The van der Waals surface area contributed by atoms with Crippen LogP contribution in [0.5, 0.6) is 0 Å². The lowest BCUT2D eigenvalue weighted by molar-refractivity contribution is 0.167. The van der Waals surface area contributed by atoms with Crippen molar-refractivity contribution in [1.29, 1.82) is 0 Å². The Morgan fingerprint density at radius 1 is 0.577 bits per heavy atom. The lowest BCUT2D eigenvalue weighted by atomic mass is 9.80. The number of hydrogen-bond donors (Lipinski definition) is 0. The molecule has 0 heterocycles. The second kappa shape index (κ2) is 11.1. The Bertz CT molecular complexity index is 323. The van der Waals surface area contributed by atoms with E-state index in [0.29, 0.717) is 22.9 Å². The summed E-state index contributed by atoms with van der Waals surface area (Å²) in [5.74, 6) is 1.58. The second-order valence-electron chi connectivity index (χ2n) is 12.0. The maximum atomic E-state index is 2.46. The molecule has 4 atom stereocenters. The first kappa shape index (κ1) is 25.9. The molecule has 0 fully saturated rings. The first-order valence-corrected chi connectivity index (χ1v) is 10.9. The van der Waals surface area contributed by atoms with Gasteiger partial charge in [-0.25, -0.2) is 0 Å². The smallest absolute Gasteiger partial charge is 0.00922 e. The minimum Gasteiger partial charge on any atom is -0.306 e. The van der Waals surface area contributed by atoms with Crippen LogP contribution < -0.4 is 0 Å². The van der Waals surface area contributed by atoms with Crippen LogP contribution in [0.15, 0.2) is 0 Å². The summed E-state index contributed by atoms with van der Waals surface area (Å²) < 4.78 is 0. The van der Waals surface area contributed by atoms with Crippen molar-refractivity contribution in [3.63, 3.8) is 0 Å². The minimum absolute atomic E-state index is 0.435. The summed E-state index contributed by atoms with van der Waals surface area (Å²) in [7, 11) is 9.06. The molecule has 0 aliphatic heterocycles. The van der Waals surface area contributed by atoms with Crippen LogP contribution in [-0.4, -0.2) is 50.1 Å². The predicted molar refractivity (Wildman–Crippen MR) is 120 cm³/mol. The van der Waals surface area contributed by atoms with Gasteiger partial charge < -0.3 is 9.80 Å². The van der Waals surface area contributed by atoms with Gasteiger partial charge in [-0.05, 0) is 89.4 Å². The molecule has 0 aliphatic rings. The fourth-order valence-corrected chi connectivity index (χ4v) is 4.74. The Hall–Kier alpha value is -0.0800. The van der Waals surface area contributed by atoms with Crippen LogP contribution in [0.2, 0.25) is 0 Å². The van der Waals surface area contributed by atoms with Crippen molar-refractivity contribution in [1.82, 2.24) is 9.80 Å². The van der Waals surface area contributed by atoms with Crippen LogP contribution in [0.4, 0.5) is 0 Å². The monoisotopic (exact) mass is 368 g/mol. The van der Waals surface area contributed by atoms with Gasteiger partial charge in [-0.3, -0.25) is 0 Å². The van der Waals surface area contributed by atoms with Crippen molar-refractivity contribution in [2.45, 2.75) is 106 Å². The maximum Gasteiger partial charge on any atom is 0.00922 e. The standard InChI is InChI=1S/C24H52N2/c1-19(17-23(3,4)5)15-21(25(9)10)13-14-22(26(11)12)16-20(2)18-24(6,7)8/h19-22H,13-18H2,1-12H3. The molecule has 2 heteroatoms. The van der Waals surface area contributed by atoms with Crippen LogP contribution in [0.1, 0.15) is 93.9 Å². The second-order valence-corrected chi connectivity index (χ2v) is 12.0. The maximum absolute atomic E-state index is 2.46. The molecule has 0 aromatic rings. The molecule has 0 rings (SSSR count). The minimum atomic E-state index is 0.435. The molecular weight excluding hydrogens is 316 g/mol. The van der Waals surface area contributed by atoms with Crippen LogP contribution in [-0.2, 0) is 0 Å². The van der Waals surface area contributed by atoms with Crippen molar-refractivity contribution in [2.75, 3.05) is 28.2 Å². The highest BCUT2D eigenvalue weighted by atomic mass is 15.1. The molecule has 0 saturated heterocycles. The summed E-state index contributed by atoms with van der Waals surface area (Å²) in [6, 6.07) is 1.40. The quantitative estimate of drug-likeness (QED) is 0.408. The molecule has 158 valence electrons. The Morgan fingerprint density at radius 2 is 0.846 bits per heavy atom. The van der Waals surface area contributed by atoms with Gasteiger partial charge in [-0.1, -0.05) is 55.4 Å². The average molecular weight is 369 g/mol. The molecule has 0 N–H and O–H groups in total. The van der Waals surface area contributed by atoms with Crippen molar-refractivity contribution >= 4 is 0 Å². The molecule has 0 radical (unpaired) electrons. The van der Waals surface area contributed by atoms with Crippen molar-refractivity contribution in [3.05, 3.63) is 0 Å². The SMILES string of the molecule is CC(CC(CCC(CC(C)CC(C)(C)C)N(C)C)N(C)C)CC(C)(C)C. The average Bonchev–Trinajstić information content (AvgIpc) is 2.36. The Balaban J connectivity index is 4.69. The van der Waals surface area contributed by atoms with E-state index in [2.05, 4.69) is 93.4 Å². The van der Waals surface area contributed by atoms with Crippen LogP contribution in [0, 0.1) is 22.7 Å². The van der Waals surface area contributed by atoms with Crippen LogP contribution in [0.25, 0.3) is 0 Å². The van der Waals surface area contributed by atoms with E-state index >= 15 is 0 Å². The highest BCUT2D eigenvalue weighted by Crippen LogP contribution is 2.30. The summed E-state index contributed by atoms with van der Waals surface area (Å²) in [4.78, 5) is 4.93. The molecule has 0 aromatic carbocycles. The van der Waals surface area contributed by atoms with E-state index in [1.54, 1.807) is 0 Å². The summed E-state index contributed by atoms with van der Waals surface area (Å²) in [5, 5.41) is 0. The summed E-state index contributed by atoms with van der Waals surface area (Å²) in [5.41, 5.74) is 0.871. The fraction of sp³-hybridized carbons (Fsp3) is 1.00. The Morgan fingerprint density at radius 3 is 1.04 bits per heavy atom. The molecule has 0 aromatic heterocycles. The van der Waals surface area contributed by atoms with Gasteiger partial charge in [0.25, 0.3) is 0 Å². The first-order chi connectivity index (χ1) is 11.6. The van der Waals surface area contributed by atoms with Crippen molar-refractivity contribution in [3.8, 4) is 0 Å². The van der Waals surface area contributed by atoms with Crippen LogP contribution >= 0.6 is 0 Å². The molecule has 26 heavy (non-hydrogen) atoms. The number of rotatable bonds is 11. The lowest BCUT2D eigenvalue weighted by Gasteiger charge is -2.34. The molecule has 0 spiro atoms. The normalized spacial score (nSPS) is 18.2. The number of nitrogens with zero attached hydrogens (tertiary/aromatic N) is 2. The van der Waals surface area contributed by atoms with Gasteiger partial charge >= 0.3 is 0 Å². The lowest BCUT2D eigenvalue weighted by Crippen LogP contribution is -2.35. The van der Waals surface area contributed by atoms with Gasteiger partial charge in [-0.15, -0.1) is 0 Å². The van der Waals surface area contributed by atoms with Gasteiger partial charge in [0, 0.05) is 12.1 Å². The Labute approximate surface area is 167 Å². The largest absolute Gasteiger partial charge is 0.306 e. The van der Waals surface area contributed by atoms with Crippen molar-refractivity contribution in [2.24, 2.45) is 22.7 Å². The van der Waals surface area contributed by atoms with E-state index in [9.17, 15) is 0 Å². The molecule has 0 bridgehead atoms. The van der Waals surface area contributed by atoms with Gasteiger partial charge in [0.1, 0.15) is 0 Å². The third kappa shape index (κ3) is 13.1. The molecule has 0 aliphatic carbocycles. The van der Waals surface area contributed by atoms with Gasteiger partial charge in [-0.2, -0.15) is 0 Å². The zero-order valence-corrected chi connectivity index (χ0v) is 20.4. The first-order valence-electron chi connectivity index (χ1n) is 10.9. The summed E-state index contributed by atoms with van der Waals surface area (Å²) in [6.45, 7) is 19.1.